The van der Waals surface area contributed by atoms with Gasteiger partial charge in [0.15, 0.2) is 0 Å². The molecule has 1 saturated heterocycles. The quantitative estimate of drug-likeness (QED) is 0.539. The van der Waals surface area contributed by atoms with Crippen LogP contribution in [-0.4, -0.2) is 63.4 Å². The maximum atomic E-state index is 13.2. The molecule has 0 aliphatic carbocycles. The first-order valence-electron chi connectivity index (χ1n) is 10.7. The predicted molar refractivity (Wildman–Crippen MR) is 125 cm³/mol. The number of benzene rings is 1. The van der Waals surface area contributed by atoms with Gasteiger partial charge in [0.2, 0.25) is 0 Å². The summed E-state index contributed by atoms with van der Waals surface area (Å²) in [5.41, 5.74) is 3.89. The Morgan fingerprint density at radius 1 is 1.00 bits per heavy atom. The molecule has 4 aromatic rings. The number of hydrogen-bond donors (Lipinski definition) is 1. The molecular weight excluding hydrogens is 402 g/mol. The molecule has 0 atom stereocenters. The molecule has 1 aliphatic rings. The molecular formula is C24H25N7O. The molecule has 162 valence electrons. The van der Waals surface area contributed by atoms with Crippen LogP contribution in [0, 0.1) is 6.92 Å². The number of imidazole rings is 1. The number of rotatable bonds is 4. The Morgan fingerprint density at radius 2 is 1.84 bits per heavy atom. The summed E-state index contributed by atoms with van der Waals surface area (Å²) in [4.78, 5) is 31.1. The number of carbonyl (C=O) groups is 1. The lowest BCUT2D eigenvalue weighted by Crippen LogP contribution is -2.44. The molecule has 3 aromatic heterocycles. The third-order valence-corrected chi connectivity index (χ3v) is 5.77. The molecule has 1 fully saturated rings. The fourth-order valence-corrected chi connectivity index (χ4v) is 3.96. The van der Waals surface area contributed by atoms with Crippen LogP contribution in [0.2, 0.25) is 0 Å². The van der Waals surface area contributed by atoms with Gasteiger partial charge in [0.05, 0.1) is 0 Å². The van der Waals surface area contributed by atoms with Gasteiger partial charge in [0.25, 0.3) is 5.91 Å². The first kappa shape index (κ1) is 20.1. The number of pyridine rings is 1. The van der Waals surface area contributed by atoms with E-state index in [4.69, 9.17) is 4.98 Å². The van der Waals surface area contributed by atoms with Crippen molar-refractivity contribution in [2.75, 3.05) is 43.4 Å². The van der Waals surface area contributed by atoms with Crippen LogP contribution in [0.3, 0.4) is 0 Å². The van der Waals surface area contributed by atoms with Crippen LogP contribution in [-0.2, 0) is 0 Å². The molecule has 1 N–H and O–H groups in total. The van der Waals surface area contributed by atoms with E-state index in [0.717, 1.165) is 54.5 Å². The molecule has 8 heteroatoms. The fraction of sp³-hybridized carbons (Fsp3) is 0.250. The smallest absolute Gasteiger partial charge is 0.275 e. The number of aryl methyl sites for hydroxylation is 1. The Balaban J connectivity index is 1.48. The third kappa shape index (κ3) is 3.92. The monoisotopic (exact) mass is 427 g/mol. The molecule has 1 amide bonds. The number of piperazine rings is 1. The summed E-state index contributed by atoms with van der Waals surface area (Å²) >= 11 is 0. The van der Waals surface area contributed by atoms with Gasteiger partial charge < -0.3 is 15.1 Å². The zero-order valence-corrected chi connectivity index (χ0v) is 18.2. The summed E-state index contributed by atoms with van der Waals surface area (Å²) in [5, 5.41) is 3.05. The van der Waals surface area contributed by atoms with Gasteiger partial charge in [-0.2, -0.15) is 0 Å². The Morgan fingerprint density at radius 3 is 2.66 bits per heavy atom. The zero-order valence-electron chi connectivity index (χ0n) is 18.2. The minimum atomic E-state index is -0.290. The second-order valence-electron chi connectivity index (χ2n) is 8.11. The highest BCUT2D eigenvalue weighted by Crippen LogP contribution is 2.29. The van der Waals surface area contributed by atoms with E-state index in [0.29, 0.717) is 11.5 Å². The van der Waals surface area contributed by atoms with Crippen LogP contribution >= 0.6 is 0 Å². The van der Waals surface area contributed by atoms with Gasteiger partial charge in [-0.05, 0) is 32.2 Å². The molecule has 0 spiro atoms. The van der Waals surface area contributed by atoms with Crippen molar-refractivity contribution in [1.82, 2.24) is 24.3 Å². The average molecular weight is 428 g/mol. The van der Waals surface area contributed by atoms with Gasteiger partial charge in [0.1, 0.15) is 35.0 Å². The number of aromatic nitrogens is 4. The van der Waals surface area contributed by atoms with Crippen molar-refractivity contribution in [3.8, 4) is 11.3 Å². The van der Waals surface area contributed by atoms with Crippen molar-refractivity contribution in [3.05, 3.63) is 72.3 Å². The maximum Gasteiger partial charge on any atom is 0.275 e. The number of hydrogen-bond acceptors (Lipinski definition) is 6. The van der Waals surface area contributed by atoms with Gasteiger partial charge >= 0.3 is 0 Å². The maximum absolute atomic E-state index is 13.2. The topological polar surface area (TPSA) is 78.7 Å². The molecule has 1 aromatic carbocycles. The predicted octanol–water partition coefficient (Wildman–Crippen LogP) is 3.10. The lowest BCUT2D eigenvalue weighted by molar-refractivity contribution is 0.102. The standard InChI is InChI=1S/C24H25N7O/c1-17-6-5-7-18(14-17)22-23(31-9-4-3-8-20(31)27-22)28-24(32)19-15-21(26-16-25-19)30-12-10-29(2)11-13-30/h3-9,14-16H,10-13H2,1-2H3,(H,28,32). The van der Waals surface area contributed by atoms with Gasteiger partial charge in [-0.1, -0.05) is 29.8 Å². The van der Waals surface area contributed by atoms with Crippen LogP contribution in [0.25, 0.3) is 16.9 Å². The Bertz CT molecular complexity index is 1270. The molecule has 4 heterocycles. The summed E-state index contributed by atoms with van der Waals surface area (Å²) in [7, 11) is 2.11. The van der Waals surface area contributed by atoms with Crippen LogP contribution < -0.4 is 10.2 Å². The van der Waals surface area contributed by atoms with Crippen molar-refractivity contribution >= 4 is 23.2 Å². The van der Waals surface area contributed by atoms with Gasteiger partial charge in [-0.25, -0.2) is 15.0 Å². The Labute approximate surface area is 186 Å². The van der Waals surface area contributed by atoms with Gasteiger partial charge in [-0.3, -0.25) is 9.20 Å². The minimum Gasteiger partial charge on any atom is -0.354 e. The second kappa shape index (κ2) is 8.39. The number of amides is 1. The number of nitrogens with zero attached hydrogens (tertiary/aromatic N) is 6. The highest BCUT2D eigenvalue weighted by molar-refractivity contribution is 6.04. The summed E-state index contributed by atoms with van der Waals surface area (Å²) in [6, 6.07) is 15.6. The normalized spacial score (nSPS) is 14.6. The van der Waals surface area contributed by atoms with E-state index in [2.05, 4.69) is 38.2 Å². The van der Waals surface area contributed by atoms with E-state index in [1.165, 1.54) is 6.33 Å². The van der Waals surface area contributed by atoms with Crippen LogP contribution in [0.5, 0.6) is 0 Å². The second-order valence-corrected chi connectivity index (χ2v) is 8.11. The summed E-state index contributed by atoms with van der Waals surface area (Å²) in [5.74, 6) is 1.11. The van der Waals surface area contributed by atoms with E-state index in [1.54, 1.807) is 6.07 Å². The number of nitrogens with one attached hydrogen (secondary N) is 1. The molecule has 8 nitrogen and oxygen atoms in total. The van der Waals surface area contributed by atoms with Crippen molar-refractivity contribution in [1.29, 1.82) is 0 Å². The molecule has 0 bridgehead atoms. The van der Waals surface area contributed by atoms with Crippen LogP contribution in [0.1, 0.15) is 16.1 Å². The molecule has 32 heavy (non-hydrogen) atoms. The fourth-order valence-electron chi connectivity index (χ4n) is 3.96. The minimum absolute atomic E-state index is 0.290. The van der Waals surface area contributed by atoms with Crippen molar-refractivity contribution in [3.63, 3.8) is 0 Å². The first-order valence-corrected chi connectivity index (χ1v) is 10.7. The molecule has 0 saturated carbocycles. The number of carbonyl (C=O) groups excluding carboxylic acids is 1. The molecule has 5 rings (SSSR count). The van der Waals surface area contributed by atoms with Crippen molar-refractivity contribution in [2.24, 2.45) is 0 Å². The number of fused-ring (bicyclic) bond motifs is 1. The highest BCUT2D eigenvalue weighted by atomic mass is 16.2. The van der Waals surface area contributed by atoms with Gasteiger partial charge in [0, 0.05) is 44.0 Å². The largest absolute Gasteiger partial charge is 0.354 e. The van der Waals surface area contributed by atoms with E-state index in [9.17, 15) is 4.79 Å². The number of likely N-dealkylation sites (N-methyl/N-ethyl adjacent to an activating group) is 1. The Kier molecular flexibility index (Phi) is 5.28. The SMILES string of the molecule is Cc1cccc(-c2nc3ccccn3c2NC(=O)c2cc(N3CCN(C)CC3)ncn2)c1. The van der Waals surface area contributed by atoms with Crippen LogP contribution in [0.15, 0.2) is 61.1 Å². The highest BCUT2D eigenvalue weighted by Gasteiger charge is 2.20. The van der Waals surface area contributed by atoms with E-state index < -0.39 is 0 Å². The zero-order chi connectivity index (χ0) is 22.1. The lowest BCUT2D eigenvalue weighted by atomic mass is 10.1. The summed E-state index contributed by atoms with van der Waals surface area (Å²) in [6.45, 7) is 5.72. The summed E-state index contributed by atoms with van der Waals surface area (Å²) in [6.07, 6.45) is 3.35. The number of anilines is 2. The summed E-state index contributed by atoms with van der Waals surface area (Å²) < 4.78 is 1.89. The van der Waals surface area contributed by atoms with E-state index in [1.807, 2.05) is 53.9 Å². The molecule has 0 unspecified atom stereocenters. The third-order valence-electron chi connectivity index (χ3n) is 5.77. The molecule has 0 radical (unpaired) electrons. The van der Waals surface area contributed by atoms with Crippen molar-refractivity contribution in [2.45, 2.75) is 6.92 Å². The lowest BCUT2D eigenvalue weighted by Gasteiger charge is -2.33. The van der Waals surface area contributed by atoms with Crippen molar-refractivity contribution < 1.29 is 4.79 Å². The Hall–Kier alpha value is -3.78. The average Bonchev–Trinajstić information content (AvgIpc) is 3.18. The van der Waals surface area contributed by atoms with E-state index in [-0.39, 0.29) is 5.91 Å². The first-order chi connectivity index (χ1) is 15.6. The van der Waals surface area contributed by atoms with Crippen LogP contribution in [0.4, 0.5) is 11.6 Å². The van der Waals surface area contributed by atoms with Gasteiger partial charge in [-0.15, -0.1) is 0 Å². The molecule has 1 aliphatic heterocycles. The van der Waals surface area contributed by atoms with E-state index >= 15 is 0 Å².